The smallest absolute Gasteiger partial charge is 0.127 e. The highest BCUT2D eigenvalue weighted by Gasteiger charge is 2.48. The fourth-order valence-corrected chi connectivity index (χ4v) is 15.5. The molecule has 14 aromatic rings. The minimum Gasteiger partial charge on any atom is -0.491 e. The number of hydrogen-bond acceptors (Lipinski definition) is 8. The van der Waals surface area contributed by atoms with Crippen molar-refractivity contribution < 1.29 is 28.4 Å². The van der Waals surface area contributed by atoms with Crippen LogP contribution < -0.4 is 28.7 Å². The molecule has 0 aromatic heterocycles. The van der Waals surface area contributed by atoms with Gasteiger partial charge in [-0.05, 0) is 248 Å². The fraction of sp³-hybridized carbons (Fsp3) is 0.102. The lowest BCUT2D eigenvalue weighted by molar-refractivity contribution is 0.110. The number of anilines is 6. The standard InChI is InChI=1S/C98H80N2O6/c1-5-69-27-49-85(50-28-69)105-87-57-39-75(40-58-87)97(73-35-53-83(54-36-73)103-65-63-101-7-3)93-25-17-15-23-89(93)91-61-47-81(67-95(91)97)99(77-19-11-9-12-20-77)79-43-31-71(32-44-79)72-33-45-80(46-34-72)100(78-21-13-10-14-22-78)82-48-62-92-90-24-16-18-26-94(90)98(96(92)68-82,74-37-55-84(56-38-74)104-66-64-102-8-4)76-41-59-88(60-42-76)106-86-51-29-70(6-2)30-52-86/h5-6,9-62,67-68H,1-2,7-8,63-66H2,3-4H3. The van der Waals surface area contributed by atoms with Gasteiger partial charge in [-0.1, -0.05) is 219 Å². The van der Waals surface area contributed by atoms with E-state index < -0.39 is 10.8 Å². The molecule has 16 rings (SSSR count). The van der Waals surface area contributed by atoms with Crippen LogP contribution >= 0.6 is 0 Å². The molecular weight excluding hydrogens is 1300 g/mol. The normalized spacial score (nSPS) is 14.4. The van der Waals surface area contributed by atoms with E-state index >= 15 is 0 Å². The first-order valence-electron chi connectivity index (χ1n) is 36.4. The first kappa shape index (κ1) is 67.7. The Morgan fingerprint density at radius 3 is 0.906 bits per heavy atom. The van der Waals surface area contributed by atoms with Crippen molar-refractivity contribution >= 4 is 46.3 Å². The predicted molar refractivity (Wildman–Crippen MR) is 433 cm³/mol. The van der Waals surface area contributed by atoms with Gasteiger partial charge in [-0.3, -0.25) is 0 Å². The average Bonchev–Trinajstić information content (AvgIpc) is 1.54. The summed E-state index contributed by atoms with van der Waals surface area (Å²) in [4.78, 5) is 4.74. The summed E-state index contributed by atoms with van der Waals surface area (Å²) in [5.41, 5.74) is 22.9. The number of nitrogens with zero attached hydrogens (tertiary/aromatic N) is 2. The van der Waals surface area contributed by atoms with Gasteiger partial charge in [-0.15, -0.1) is 0 Å². The van der Waals surface area contributed by atoms with Gasteiger partial charge in [-0.25, -0.2) is 0 Å². The van der Waals surface area contributed by atoms with Crippen molar-refractivity contribution in [2.75, 3.05) is 49.4 Å². The van der Waals surface area contributed by atoms with Crippen molar-refractivity contribution in [1.82, 2.24) is 0 Å². The van der Waals surface area contributed by atoms with Gasteiger partial charge in [-0.2, -0.15) is 0 Å². The summed E-state index contributed by atoms with van der Waals surface area (Å²) in [6, 6.07) is 121. The molecule has 2 unspecified atom stereocenters. The first-order chi connectivity index (χ1) is 52.3. The SMILES string of the molecule is C=Cc1ccc(Oc2ccc(C3(c4ccc(OCCOCC)cc4)c4ccccc4-c4ccc(N(c5ccccc5)c5ccc(-c6ccc(N(c7ccccc7)c7ccc8c(c7)C(c7ccc(OCCOCC)cc7)(c7ccc(Oc9ccc(C=C)cc9)cc7)c7ccccc7-8)cc6)cc5)cc43)cc2)cc1. The Morgan fingerprint density at radius 1 is 0.274 bits per heavy atom. The zero-order valence-electron chi connectivity index (χ0n) is 59.5. The molecule has 2 atom stereocenters. The zero-order valence-corrected chi connectivity index (χ0v) is 59.5. The Kier molecular flexibility index (Phi) is 19.4. The molecule has 0 saturated carbocycles. The van der Waals surface area contributed by atoms with Crippen LogP contribution in [-0.4, -0.2) is 39.6 Å². The Labute approximate surface area is 621 Å². The second-order valence-corrected chi connectivity index (χ2v) is 26.4. The van der Waals surface area contributed by atoms with Gasteiger partial charge < -0.3 is 38.2 Å². The molecule has 518 valence electrons. The van der Waals surface area contributed by atoms with Crippen LogP contribution in [0.3, 0.4) is 0 Å². The Morgan fingerprint density at radius 2 is 0.566 bits per heavy atom. The van der Waals surface area contributed by atoms with Crippen LogP contribution in [0.5, 0.6) is 34.5 Å². The Balaban J connectivity index is 0.753. The molecule has 0 radical (unpaired) electrons. The van der Waals surface area contributed by atoms with Crippen LogP contribution in [0.1, 0.15) is 69.5 Å². The van der Waals surface area contributed by atoms with Crippen LogP contribution in [0.15, 0.2) is 353 Å². The summed E-state index contributed by atoms with van der Waals surface area (Å²) in [6.07, 6.45) is 3.67. The number of ether oxygens (including phenoxy) is 6. The molecular formula is C98H80N2O6. The van der Waals surface area contributed by atoms with Crippen molar-refractivity contribution in [1.29, 1.82) is 0 Å². The summed E-state index contributed by atoms with van der Waals surface area (Å²) in [5, 5.41) is 0. The highest BCUT2D eigenvalue weighted by Crippen LogP contribution is 2.60. The van der Waals surface area contributed by atoms with Crippen LogP contribution in [0, 0.1) is 0 Å². The highest BCUT2D eigenvalue weighted by molar-refractivity contribution is 5.92. The van der Waals surface area contributed by atoms with Gasteiger partial charge in [0.1, 0.15) is 47.7 Å². The van der Waals surface area contributed by atoms with Crippen LogP contribution in [-0.2, 0) is 20.3 Å². The summed E-state index contributed by atoms with van der Waals surface area (Å²) in [5.74, 6) is 4.58. The maximum absolute atomic E-state index is 6.48. The maximum Gasteiger partial charge on any atom is 0.127 e. The topological polar surface area (TPSA) is 61.9 Å². The van der Waals surface area contributed by atoms with Crippen molar-refractivity contribution in [2.45, 2.75) is 24.7 Å². The zero-order chi connectivity index (χ0) is 71.8. The fourth-order valence-electron chi connectivity index (χ4n) is 15.5. The molecule has 2 aliphatic carbocycles. The molecule has 0 fully saturated rings. The summed E-state index contributed by atoms with van der Waals surface area (Å²) in [6.45, 7) is 15.1. The lowest BCUT2D eigenvalue weighted by Gasteiger charge is -2.35. The first-order valence-corrected chi connectivity index (χ1v) is 36.4. The van der Waals surface area contributed by atoms with Crippen molar-refractivity contribution in [3.63, 3.8) is 0 Å². The quantitative estimate of drug-likeness (QED) is 0.0472. The van der Waals surface area contributed by atoms with E-state index in [2.05, 4.69) is 314 Å². The largest absolute Gasteiger partial charge is 0.491 e. The summed E-state index contributed by atoms with van der Waals surface area (Å²) < 4.78 is 36.7. The third kappa shape index (κ3) is 13.0. The molecule has 0 N–H and O–H groups in total. The molecule has 0 bridgehead atoms. The number of para-hydroxylation sites is 2. The van der Waals surface area contributed by atoms with E-state index in [0.717, 1.165) is 113 Å². The minimum absolute atomic E-state index is 0.463. The van der Waals surface area contributed by atoms with Gasteiger partial charge in [0.15, 0.2) is 0 Å². The van der Waals surface area contributed by atoms with E-state index in [1.165, 1.54) is 44.5 Å². The summed E-state index contributed by atoms with van der Waals surface area (Å²) >= 11 is 0. The molecule has 8 nitrogen and oxygen atoms in total. The van der Waals surface area contributed by atoms with Crippen LogP contribution in [0.4, 0.5) is 34.1 Å². The van der Waals surface area contributed by atoms with Crippen LogP contribution in [0.25, 0.3) is 45.5 Å². The lowest BCUT2D eigenvalue weighted by Crippen LogP contribution is -2.28. The lowest BCUT2D eigenvalue weighted by atomic mass is 9.67. The van der Waals surface area contributed by atoms with E-state index in [1.807, 2.05) is 74.5 Å². The third-order valence-corrected chi connectivity index (χ3v) is 20.4. The molecule has 0 heterocycles. The van der Waals surface area contributed by atoms with E-state index in [1.54, 1.807) is 0 Å². The van der Waals surface area contributed by atoms with E-state index in [4.69, 9.17) is 28.4 Å². The van der Waals surface area contributed by atoms with Gasteiger partial charge in [0, 0.05) is 47.3 Å². The van der Waals surface area contributed by atoms with Gasteiger partial charge >= 0.3 is 0 Å². The minimum atomic E-state index is -0.738. The van der Waals surface area contributed by atoms with E-state index in [9.17, 15) is 0 Å². The Hall–Kier alpha value is -12.7. The third-order valence-electron chi connectivity index (χ3n) is 20.4. The average molecular weight is 1380 g/mol. The second-order valence-electron chi connectivity index (χ2n) is 26.4. The molecule has 0 aliphatic heterocycles. The molecule has 2 aliphatic rings. The van der Waals surface area contributed by atoms with Crippen molar-refractivity contribution in [2.24, 2.45) is 0 Å². The van der Waals surface area contributed by atoms with Gasteiger partial charge in [0.05, 0.1) is 24.0 Å². The number of benzene rings is 14. The Bertz CT molecular complexity index is 5040. The molecule has 0 amide bonds. The van der Waals surface area contributed by atoms with E-state index in [-0.39, 0.29) is 0 Å². The number of rotatable bonds is 27. The van der Waals surface area contributed by atoms with Crippen molar-refractivity contribution in [3.05, 3.63) is 409 Å². The second kappa shape index (κ2) is 30.3. The van der Waals surface area contributed by atoms with Gasteiger partial charge in [0.2, 0.25) is 0 Å². The predicted octanol–water partition coefficient (Wildman–Crippen LogP) is 24.7. The van der Waals surface area contributed by atoms with Crippen molar-refractivity contribution in [3.8, 4) is 67.9 Å². The number of fused-ring (bicyclic) bond motifs is 6. The molecule has 0 spiro atoms. The molecule has 14 aromatic carbocycles. The van der Waals surface area contributed by atoms with Gasteiger partial charge in [0.25, 0.3) is 0 Å². The molecule has 106 heavy (non-hydrogen) atoms. The molecule has 8 heteroatoms. The summed E-state index contributed by atoms with van der Waals surface area (Å²) in [7, 11) is 0. The van der Waals surface area contributed by atoms with E-state index in [0.29, 0.717) is 39.6 Å². The monoisotopic (exact) mass is 1380 g/mol. The highest BCUT2D eigenvalue weighted by atomic mass is 16.5. The van der Waals surface area contributed by atoms with Crippen LogP contribution in [0.2, 0.25) is 0 Å². The number of hydrogen-bond donors (Lipinski definition) is 0. The maximum atomic E-state index is 6.48. The molecule has 0 saturated heterocycles.